The van der Waals surface area contributed by atoms with E-state index in [1.165, 1.54) is 24.3 Å². The van der Waals surface area contributed by atoms with Crippen LogP contribution in [0.4, 0.5) is 10.1 Å². The third kappa shape index (κ3) is 4.51. The number of anilines is 1. The number of rotatable bonds is 5. The van der Waals surface area contributed by atoms with Crippen LogP contribution in [0.1, 0.15) is 11.1 Å². The van der Waals surface area contributed by atoms with E-state index in [4.69, 9.17) is 18.0 Å². The number of benzene rings is 2. The molecule has 0 aliphatic rings. The average Bonchev–Trinajstić information content (AvgIpc) is 2.41. The Morgan fingerprint density at radius 3 is 2.19 bits per heavy atom. The van der Waals surface area contributed by atoms with Crippen LogP contribution in [0.3, 0.4) is 0 Å². The van der Waals surface area contributed by atoms with Crippen molar-refractivity contribution in [2.24, 2.45) is 5.73 Å². The number of sulfonamides is 1. The fraction of sp³-hybridized carbons (Fsp3) is 0.0714. The molecule has 4 nitrogen and oxygen atoms in total. The third-order valence-electron chi connectivity index (χ3n) is 2.71. The molecule has 3 N–H and O–H groups in total. The molecule has 0 saturated carbocycles. The van der Waals surface area contributed by atoms with E-state index >= 15 is 0 Å². The second-order valence-corrected chi connectivity index (χ2v) is 6.59. The van der Waals surface area contributed by atoms with Gasteiger partial charge in [0.1, 0.15) is 10.8 Å². The van der Waals surface area contributed by atoms with Crippen molar-refractivity contribution in [3.05, 3.63) is 65.5 Å². The first-order chi connectivity index (χ1) is 9.85. The van der Waals surface area contributed by atoms with Crippen LogP contribution >= 0.6 is 12.2 Å². The number of halogens is 1. The molecule has 0 aromatic heterocycles. The van der Waals surface area contributed by atoms with E-state index in [1.807, 2.05) is 0 Å². The highest BCUT2D eigenvalue weighted by atomic mass is 32.2. The topological polar surface area (TPSA) is 72.2 Å². The molecule has 0 fully saturated rings. The molecule has 0 saturated heterocycles. The maximum absolute atomic E-state index is 12.8. The van der Waals surface area contributed by atoms with Gasteiger partial charge < -0.3 is 5.73 Å². The summed E-state index contributed by atoms with van der Waals surface area (Å²) in [6.07, 6.45) is 0. The van der Waals surface area contributed by atoms with Crippen LogP contribution in [0.15, 0.2) is 48.5 Å². The first-order valence-electron chi connectivity index (χ1n) is 6.00. The third-order valence-corrected chi connectivity index (χ3v) is 4.21. The predicted octanol–water partition coefficient (Wildman–Crippen LogP) is 2.40. The average molecular weight is 324 g/mol. The molecule has 0 atom stereocenters. The summed E-state index contributed by atoms with van der Waals surface area (Å²) in [5.74, 6) is -0.617. The maximum Gasteiger partial charge on any atom is 0.236 e. The first-order valence-corrected chi connectivity index (χ1v) is 8.06. The minimum Gasteiger partial charge on any atom is -0.389 e. The van der Waals surface area contributed by atoms with Gasteiger partial charge in [0, 0.05) is 11.3 Å². The summed E-state index contributed by atoms with van der Waals surface area (Å²) in [4.78, 5) is 0.258. The monoisotopic (exact) mass is 324 g/mol. The van der Waals surface area contributed by atoms with Gasteiger partial charge in [-0.15, -0.1) is 0 Å². The standard InChI is InChI=1S/C14H13FN2O2S2/c15-12-5-7-13(8-6-12)17-21(18,19)9-10-1-3-11(4-2-10)14(16)20/h1-8,17H,9H2,(H2,16,20). The summed E-state index contributed by atoms with van der Waals surface area (Å²) >= 11 is 4.83. The maximum atomic E-state index is 12.8. The Kier molecular flexibility index (Phi) is 4.54. The molecule has 2 rings (SSSR count). The van der Waals surface area contributed by atoms with Crippen LogP contribution < -0.4 is 10.5 Å². The van der Waals surface area contributed by atoms with Crippen molar-refractivity contribution in [1.82, 2.24) is 0 Å². The number of nitrogens with one attached hydrogen (secondary N) is 1. The molecule has 2 aromatic carbocycles. The lowest BCUT2D eigenvalue weighted by Crippen LogP contribution is -2.15. The van der Waals surface area contributed by atoms with Crippen molar-refractivity contribution < 1.29 is 12.8 Å². The van der Waals surface area contributed by atoms with Gasteiger partial charge in [0.25, 0.3) is 0 Å². The Hall–Kier alpha value is -1.99. The Labute approximate surface area is 127 Å². The highest BCUT2D eigenvalue weighted by Gasteiger charge is 2.12. The molecule has 0 spiro atoms. The molecule has 0 radical (unpaired) electrons. The molecule has 0 heterocycles. The zero-order chi connectivity index (χ0) is 15.5. The van der Waals surface area contributed by atoms with E-state index in [0.29, 0.717) is 16.8 Å². The highest BCUT2D eigenvalue weighted by Crippen LogP contribution is 2.14. The fourth-order valence-electron chi connectivity index (χ4n) is 1.72. The van der Waals surface area contributed by atoms with E-state index in [-0.39, 0.29) is 10.7 Å². The molecule has 110 valence electrons. The molecule has 21 heavy (non-hydrogen) atoms. The summed E-state index contributed by atoms with van der Waals surface area (Å²) in [6, 6.07) is 11.8. The lowest BCUT2D eigenvalue weighted by atomic mass is 10.1. The SMILES string of the molecule is NC(=S)c1ccc(CS(=O)(=O)Nc2ccc(F)cc2)cc1. The Bertz CT molecular complexity index is 742. The molecule has 0 amide bonds. The van der Waals surface area contributed by atoms with E-state index in [1.54, 1.807) is 24.3 Å². The minimum absolute atomic E-state index is 0.192. The molecule has 0 aliphatic carbocycles. The van der Waals surface area contributed by atoms with Crippen molar-refractivity contribution >= 4 is 32.9 Å². The lowest BCUT2D eigenvalue weighted by molar-refractivity contribution is 0.600. The minimum atomic E-state index is -3.57. The molecule has 0 bridgehead atoms. The molecule has 7 heteroatoms. The number of hydrogen-bond donors (Lipinski definition) is 2. The Balaban J connectivity index is 2.10. The predicted molar refractivity (Wildman–Crippen MR) is 85.0 cm³/mol. The van der Waals surface area contributed by atoms with Crippen molar-refractivity contribution in [2.45, 2.75) is 5.75 Å². The molecule has 2 aromatic rings. The van der Waals surface area contributed by atoms with Crippen molar-refractivity contribution in [2.75, 3.05) is 4.72 Å². The van der Waals surface area contributed by atoms with Crippen LogP contribution in [-0.4, -0.2) is 13.4 Å². The van der Waals surface area contributed by atoms with Crippen molar-refractivity contribution in [3.63, 3.8) is 0 Å². The number of nitrogens with two attached hydrogens (primary N) is 1. The highest BCUT2D eigenvalue weighted by molar-refractivity contribution is 7.91. The van der Waals surface area contributed by atoms with Crippen molar-refractivity contribution in [3.8, 4) is 0 Å². The largest absolute Gasteiger partial charge is 0.389 e. The Morgan fingerprint density at radius 1 is 1.10 bits per heavy atom. The van der Waals surface area contributed by atoms with Gasteiger partial charge >= 0.3 is 0 Å². The van der Waals surface area contributed by atoms with Gasteiger partial charge in [-0.05, 0) is 29.8 Å². The van der Waals surface area contributed by atoms with E-state index in [2.05, 4.69) is 4.72 Å². The number of hydrogen-bond acceptors (Lipinski definition) is 3. The van der Waals surface area contributed by atoms with Gasteiger partial charge in [-0.25, -0.2) is 12.8 Å². The van der Waals surface area contributed by atoms with Gasteiger partial charge in [-0.1, -0.05) is 36.5 Å². The molecule has 0 unspecified atom stereocenters. The van der Waals surface area contributed by atoms with Crippen LogP contribution in [-0.2, 0) is 15.8 Å². The van der Waals surface area contributed by atoms with Crippen LogP contribution in [0.5, 0.6) is 0 Å². The fourth-order valence-corrected chi connectivity index (χ4v) is 3.05. The summed E-state index contributed by atoms with van der Waals surface area (Å²) in [5.41, 5.74) is 7.07. The van der Waals surface area contributed by atoms with Crippen molar-refractivity contribution in [1.29, 1.82) is 0 Å². The molecule has 0 aliphatic heterocycles. The number of thiocarbonyl (C=S) groups is 1. The normalized spacial score (nSPS) is 11.1. The summed E-state index contributed by atoms with van der Waals surface area (Å²) in [7, 11) is -3.57. The van der Waals surface area contributed by atoms with Gasteiger partial charge in [0.15, 0.2) is 0 Å². The zero-order valence-corrected chi connectivity index (χ0v) is 12.5. The summed E-state index contributed by atoms with van der Waals surface area (Å²) < 4.78 is 39.2. The first kappa shape index (κ1) is 15.4. The summed E-state index contributed by atoms with van der Waals surface area (Å²) in [5, 5.41) is 0. The quantitative estimate of drug-likeness (QED) is 0.829. The zero-order valence-electron chi connectivity index (χ0n) is 10.9. The van der Waals surface area contributed by atoms with Crippen LogP contribution in [0.2, 0.25) is 0 Å². The van der Waals surface area contributed by atoms with E-state index in [9.17, 15) is 12.8 Å². The second-order valence-electron chi connectivity index (χ2n) is 4.43. The van der Waals surface area contributed by atoms with Gasteiger partial charge in [-0.3, -0.25) is 4.72 Å². The van der Waals surface area contributed by atoms with Gasteiger partial charge in [0.2, 0.25) is 10.0 Å². The molecular weight excluding hydrogens is 311 g/mol. The lowest BCUT2D eigenvalue weighted by Gasteiger charge is -2.08. The van der Waals surface area contributed by atoms with Gasteiger partial charge in [-0.2, -0.15) is 0 Å². The smallest absolute Gasteiger partial charge is 0.236 e. The second kappa shape index (κ2) is 6.19. The summed E-state index contributed by atoms with van der Waals surface area (Å²) in [6.45, 7) is 0. The molecular formula is C14H13FN2O2S2. The van der Waals surface area contributed by atoms with Gasteiger partial charge in [0.05, 0.1) is 5.75 Å². The van der Waals surface area contributed by atoms with Crippen LogP contribution in [0, 0.1) is 5.82 Å². The van der Waals surface area contributed by atoms with E-state index < -0.39 is 15.8 Å². The van der Waals surface area contributed by atoms with Crippen LogP contribution in [0.25, 0.3) is 0 Å². The van der Waals surface area contributed by atoms with E-state index in [0.717, 1.165) is 0 Å². The Morgan fingerprint density at radius 2 is 1.67 bits per heavy atom.